The number of aromatic nitrogens is 1. The van der Waals surface area contributed by atoms with Gasteiger partial charge in [-0.25, -0.2) is 8.78 Å². The van der Waals surface area contributed by atoms with Gasteiger partial charge in [-0.15, -0.1) is 0 Å². The molecular weight excluding hydrogens is 388 g/mol. The van der Waals surface area contributed by atoms with E-state index in [-0.39, 0.29) is 36.9 Å². The number of hydrogen-bond donors (Lipinski definition) is 0. The van der Waals surface area contributed by atoms with E-state index in [1.165, 1.54) is 0 Å². The highest BCUT2D eigenvalue weighted by atomic mass is 19.3. The minimum Gasteiger partial charge on any atom is -0.486 e. The van der Waals surface area contributed by atoms with Crippen LogP contribution in [0.2, 0.25) is 0 Å². The highest BCUT2D eigenvalue weighted by molar-refractivity contribution is 5.98. The molecule has 0 N–H and O–H groups in total. The van der Waals surface area contributed by atoms with Gasteiger partial charge in [0.2, 0.25) is 5.92 Å². The number of amides is 1. The number of rotatable bonds is 2. The Hall–Kier alpha value is -2.54. The van der Waals surface area contributed by atoms with Crippen molar-refractivity contribution >= 4 is 5.91 Å². The van der Waals surface area contributed by atoms with Crippen LogP contribution >= 0.6 is 0 Å². The fraction of sp³-hybridized carbons (Fsp3) is 0.478. The zero-order chi connectivity index (χ0) is 20.9. The Morgan fingerprint density at radius 2 is 1.93 bits per heavy atom. The summed E-state index contributed by atoms with van der Waals surface area (Å²) in [6.45, 7) is 1.31. The van der Waals surface area contributed by atoms with E-state index in [1.54, 1.807) is 17.3 Å². The van der Waals surface area contributed by atoms with E-state index in [2.05, 4.69) is 9.88 Å². The van der Waals surface area contributed by atoms with Gasteiger partial charge in [-0.1, -0.05) is 12.1 Å². The average molecular weight is 413 g/mol. The van der Waals surface area contributed by atoms with Crippen LogP contribution < -0.4 is 4.74 Å². The van der Waals surface area contributed by atoms with Crippen molar-refractivity contribution in [2.45, 2.75) is 49.8 Å². The van der Waals surface area contributed by atoms with E-state index in [9.17, 15) is 13.6 Å². The number of likely N-dealkylation sites (tertiary alicyclic amines) is 1. The van der Waals surface area contributed by atoms with Crippen LogP contribution in [0.1, 0.15) is 36.0 Å². The molecule has 1 saturated carbocycles. The second kappa shape index (κ2) is 7.30. The van der Waals surface area contributed by atoms with Crippen molar-refractivity contribution < 1.29 is 18.3 Å². The quantitative estimate of drug-likeness (QED) is 0.751. The number of benzene rings is 1. The molecular formula is C23H25F2N3O2. The molecule has 2 aliphatic heterocycles. The van der Waals surface area contributed by atoms with Crippen molar-refractivity contribution in [2.24, 2.45) is 0 Å². The van der Waals surface area contributed by atoms with Crippen molar-refractivity contribution in [3.63, 3.8) is 0 Å². The predicted octanol–water partition coefficient (Wildman–Crippen LogP) is 3.84. The molecule has 1 aliphatic carbocycles. The number of carbonyl (C=O) groups is 1. The molecule has 5 rings (SSSR count). The second-order valence-electron chi connectivity index (χ2n) is 8.63. The summed E-state index contributed by atoms with van der Waals surface area (Å²) in [7, 11) is 1.81. The van der Waals surface area contributed by atoms with Gasteiger partial charge in [-0.3, -0.25) is 14.7 Å². The maximum atomic E-state index is 13.6. The second-order valence-corrected chi connectivity index (χ2v) is 8.63. The summed E-state index contributed by atoms with van der Waals surface area (Å²) in [4.78, 5) is 21.3. The molecule has 3 heterocycles. The van der Waals surface area contributed by atoms with E-state index in [0.29, 0.717) is 37.2 Å². The number of halogens is 2. The van der Waals surface area contributed by atoms with Crippen molar-refractivity contribution in [3.8, 4) is 16.9 Å². The maximum Gasteiger partial charge on any atom is 0.257 e. The van der Waals surface area contributed by atoms with Crippen LogP contribution in [-0.2, 0) is 0 Å². The number of hydrogen-bond acceptors (Lipinski definition) is 4. The number of fused-ring (bicyclic) bond motifs is 2. The largest absolute Gasteiger partial charge is 0.486 e. The normalized spacial score (nSPS) is 26.6. The predicted molar refractivity (Wildman–Crippen MR) is 109 cm³/mol. The van der Waals surface area contributed by atoms with Crippen molar-refractivity contribution in [1.29, 1.82) is 0 Å². The number of pyridine rings is 1. The SMILES string of the molecule is CN1C(=O)c2ccc(-c3cccnc3)cc2OC2CN(C3CCC(F)(F)CC3)CC21. The zero-order valence-corrected chi connectivity index (χ0v) is 16.9. The lowest BCUT2D eigenvalue weighted by Gasteiger charge is -2.34. The van der Waals surface area contributed by atoms with Gasteiger partial charge < -0.3 is 9.64 Å². The van der Waals surface area contributed by atoms with Crippen molar-refractivity contribution in [2.75, 3.05) is 20.1 Å². The van der Waals surface area contributed by atoms with Gasteiger partial charge in [0.15, 0.2) is 0 Å². The van der Waals surface area contributed by atoms with Gasteiger partial charge >= 0.3 is 0 Å². The molecule has 2 unspecified atom stereocenters. The molecule has 3 aliphatic rings. The Bertz CT molecular complexity index is 943. The lowest BCUT2D eigenvalue weighted by molar-refractivity contribution is -0.0523. The van der Waals surface area contributed by atoms with E-state index >= 15 is 0 Å². The van der Waals surface area contributed by atoms with Crippen LogP contribution in [0.4, 0.5) is 8.78 Å². The number of nitrogens with zero attached hydrogens (tertiary/aromatic N) is 3. The number of likely N-dealkylation sites (N-methyl/N-ethyl adjacent to an activating group) is 1. The molecule has 1 saturated heterocycles. The third-order valence-corrected chi connectivity index (χ3v) is 6.77. The monoisotopic (exact) mass is 413 g/mol. The van der Waals surface area contributed by atoms with Gasteiger partial charge in [0.1, 0.15) is 11.9 Å². The third kappa shape index (κ3) is 3.45. The minimum atomic E-state index is -2.54. The summed E-state index contributed by atoms with van der Waals surface area (Å²) in [6.07, 6.45) is 4.20. The number of alkyl halides is 2. The summed E-state index contributed by atoms with van der Waals surface area (Å²) in [5, 5.41) is 0. The van der Waals surface area contributed by atoms with E-state index < -0.39 is 5.92 Å². The summed E-state index contributed by atoms with van der Waals surface area (Å²) in [5.74, 6) is -2.02. The fourth-order valence-corrected chi connectivity index (χ4v) is 4.97. The van der Waals surface area contributed by atoms with Gasteiger partial charge in [-0.05, 0) is 36.6 Å². The lowest BCUT2D eigenvalue weighted by atomic mass is 9.91. The number of ether oxygens (including phenoxy) is 1. The molecule has 7 heteroatoms. The van der Waals surface area contributed by atoms with Gasteiger partial charge in [0.25, 0.3) is 5.91 Å². The first-order valence-corrected chi connectivity index (χ1v) is 10.5. The van der Waals surface area contributed by atoms with Crippen LogP contribution in [0.3, 0.4) is 0 Å². The lowest BCUT2D eigenvalue weighted by Crippen LogP contribution is -2.44. The summed E-state index contributed by atoms with van der Waals surface area (Å²) >= 11 is 0. The van der Waals surface area contributed by atoms with Crippen LogP contribution in [0.25, 0.3) is 11.1 Å². The van der Waals surface area contributed by atoms with Gasteiger partial charge in [-0.2, -0.15) is 0 Å². The first-order valence-electron chi connectivity index (χ1n) is 10.5. The van der Waals surface area contributed by atoms with Gasteiger partial charge in [0.05, 0.1) is 11.6 Å². The molecule has 0 radical (unpaired) electrons. The third-order valence-electron chi connectivity index (χ3n) is 6.77. The molecule has 30 heavy (non-hydrogen) atoms. The first kappa shape index (κ1) is 19.4. The van der Waals surface area contributed by atoms with E-state index in [0.717, 1.165) is 11.1 Å². The smallest absolute Gasteiger partial charge is 0.257 e. The highest BCUT2D eigenvalue weighted by Crippen LogP contribution is 2.38. The molecule has 1 amide bonds. The molecule has 1 aromatic carbocycles. The van der Waals surface area contributed by atoms with Gasteiger partial charge in [0, 0.05) is 57.0 Å². The Kier molecular flexibility index (Phi) is 4.73. The van der Waals surface area contributed by atoms with Crippen LogP contribution in [0.5, 0.6) is 5.75 Å². The molecule has 0 bridgehead atoms. The molecule has 5 nitrogen and oxygen atoms in total. The Morgan fingerprint density at radius 3 is 2.67 bits per heavy atom. The minimum absolute atomic E-state index is 0.0591. The number of carbonyl (C=O) groups excluding carboxylic acids is 1. The molecule has 2 aromatic rings. The summed E-state index contributed by atoms with van der Waals surface area (Å²) in [5.41, 5.74) is 2.46. The maximum absolute atomic E-state index is 13.6. The standard InChI is InChI=1S/C23H25F2N3O2/c1-27-19-13-28(17-6-8-23(24,25)9-7-17)14-21(19)30-20-11-15(4-5-18(20)22(27)29)16-3-2-10-26-12-16/h2-5,10-12,17,19,21H,6-9,13-14H2,1H3. The molecule has 158 valence electrons. The fourth-order valence-electron chi connectivity index (χ4n) is 4.97. The zero-order valence-electron chi connectivity index (χ0n) is 16.9. The molecule has 0 spiro atoms. The Labute approximate surface area is 174 Å². The summed E-state index contributed by atoms with van der Waals surface area (Å²) < 4.78 is 33.5. The van der Waals surface area contributed by atoms with Crippen LogP contribution in [-0.4, -0.2) is 64.9 Å². The summed E-state index contributed by atoms with van der Waals surface area (Å²) in [6, 6.07) is 9.53. The van der Waals surface area contributed by atoms with Crippen molar-refractivity contribution in [3.05, 3.63) is 48.3 Å². The average Bonchev–Trinajstić information content (AvgIpc) is 3.13. The van der Waals surface area contributed by atoms with Crippen molar-refractivity contribution in [1.82, 2.24) is 14.8 Å². The Morgan fingerprint density at radius 1 is 1.13 bits per heavy atom. The molecule has 2 atom stereocenters. The Balaban J connectivity index is 1.40. The van der Waals surface area contributed by atoms with Crippen LogP contribution in [0, 0.1) is 0 Å². The highest BCUT2D eigenvalue weighted by Gasteiger charge is 2.46. The van der Waals surface area contributed by atoms with E-state index in [4.69, 9.17) is 4.74 Å². The first-order chi connectivity index (χ1) is 14.4. The van der Waals surface area contributed by atoms with E-state index in [1.807, 2.05) is 37.4 Å². The topological polar surface area (TPSA) is 45.7 Å². The van der Waals surface area contributed by atoms with Crippen LogP contribution in [0.15, 0.2) is 42.7 Å². The molecule has 2 fully saturated rings. The molecule has 1 aromatic heterocycles.